The highest BCUT2D eigenvalue weighted by Gasteiger charge is 2.28. The summed E-state index contributed by atoms with van der Waals surface area (Å²) in [5.41, 5.74) is 0. The minimum atomic E-state index is -2.93. The van der Waals surface area contributed by atoms with Crippen LogP contribution in [0.5, 0.6) is 0 Å². The molecule has 6 nitrogen and oxygen atoms in total. The molecule has 0 bridgehead atoms. The van der Waals surface area contributed by atoms with Gasteiger partial charge in [-0.3, -0.25) is 9.69 Å². The normalized spacial score (nSPS) is 22.6. The number of ether oxygens (including phenoxy) is 1. The van der Waals surface area contributed by atoms with E-state index in [-0.39, 0.29) is 30.6 Å². The van der Waals surface area contributed by atoms with E-state index in [1.54, 1.807) is 0 Å². The molecule has 7 heteroatoms. The first-order valence-electron chi connectivity index (χ1n) is 5.10. The molecule has 1 saturated heterocycles. The first-order chi connectivity index (χ1) is 7.48. The number of nitrogens with zero attached hydrogens (tertiary/aromatic N) is 1. The molecule has 0 spiro atoms. The molecule has 1 N–H and O–H groups in total. The van der Waals surface area contributed by atoms with Crippen molar-refractivity contribution in [1.82, 2.24) is 4.90 Å². The second kappa shape index (κ2) is 5.60. The first-order valence-corrected chi connectivity index (χ1v) is 6.93. The lowest BCUT2D eigenvalue weighted by Crippen LogP contribution is -2.48. The zero-order chi connectivity index (χ0) is 12.2. The van der Waals surface area contributed by atoms with Crippen molar-refractivity contribution in [1.29, 1.82) is 0 Å². The molecule has 1 aliphatic heterocycles. The van der Waals surface area contributed by atoms with E-state index in [0.29, 0.717) is 13.1 Å². The molecule has 1 rings (SSSR count). The van der Waals surface area contributed by atoms with Crippen molar-refractivity contribution in [2.24, 2.45) is 0 Å². The van der Waals surface area contributed by atoms with E-state index < -0.39 is 15.8 Å². The van der Waals surface area contributed by atoms with Gasteiger partial charge < -0.3 is 9.84 Å². The number of hydrogen-bond donors (Lipinski definition) is 1. The van der Waals surface area contributed by atoms with E-state index in [0.717, 1.165) is 0 Å². The Hall–Kier alpha value is -0.660. The van der Waals surface area contributed by atoms with Crippen LogP contribution in [-0.2, 0) is 19.4 Å². The van der Waals surface area contributed by atoms with Crippen LogP contribution in [0.25, 0.3) is 0 Å². The lowest BCUT2D eigenvalue weighted by atomic mass is 10.2. The topological polar surface area (TPSA) is 83.9 Å². The summed E-state index contributed by atoms with van der Waals surface area (Å²) in [4.78, 5) is 12.9. The number of aliphatic hydroxyl groups excluding tert-OH is 1. The zero-order valence-corrected chi connectivity index (χ0v) is 10.1. The minimum Gasteiger partial charge on any atom is -0.469 e. The third-order valence-corrected chi connectivity index (χ3v) is 4.35. The van der Waals surface area contributed by atoms with Crippen LogP contribution >= 0.6 is 0 Å². The number of carbonyl (C=O) groups excluding carboxylic acids is 1. The fourth-order valence-corrected chi connectivity index (χ4v) is 2.91. The number of methoxy groups -OCH3 is 1. The van der Waals surface area contributed by atoms with Crippen molar-refractivity contribution in [3.63, 3.8) is 0 Å². The van der Waals surface area contributed by atoms with Gasteiger partial charge in [-0.1, -0.05) is 0 Å². The van der Waals surface area contributed by atoms with Gasteiger partial charge in [0.05, 0.1) is 31.6 Å². The predicted molar refractivity (Wildman–Crippen MR) is 57.7 cm³/mol. The Morgan fingerprint density at radius 3 is 2.44 bits per heavy atom. The predicted octanol–water partition coefficient (Wildman–Crippen LogP) is -1.36. The molecular weight excluding hydrogens is 234 g/mol. The van der Waals surface area contributed by atoms with Crippen LogP contribution in [0.4, 0.5) is 0 Å². The van der Waals surface area contributed by atoms with Crippen LogP contribution in [0.3, 0.4) is 0 Å². The van der Waals surface area contributed by atoms with E-state index in [4.69, 9.17) is 5.11 Å². The second-order valence-electron chi connectivity index (χ2n) is 3.80. The average Bonchev–Trinajstić information content (AvgIpc) is 2.26. The summed E-state index contributed by atoms with van der Waals surface area (Å²) in [6.45, 7) is 0.560. The Kier molecular flexibility index (Phi) is 4.69. The van der Waals surface area contributed by atoms with Gasteiger partial charge >= 0.3 is 5.97 Å². The Balaban J connectivity index is 2.52. The van der Waals surface area contributed by atoms with Gasteiger partial charge in [0.1, 0.15) is 0 Å². The number of hydrogen-bond acceptors (Lipinski definition) is 6. The fraction of sp³-hybridized carbons (Fsp3) is 0.889. The number of esters is 1. The maximum atomic E-state index is 11.2. The largest absolute Gasteiger partial charge is 0.469 e. The van der Waals surface area contributed by atoms with E-state index in [1.807, 2.05) is 4.90 Å². The van der Waals surface area contributed by atoms with E-state index in [9.17, 15) is 13.2 Å². The lowest BCUT2D eigenvalue weighted by Gasteiger charge is -2.32. The van der Waals surface area contributed by atoms with Gasteiger partial charge in [-0.05, 0) is 0 Å². The zero-order valence-electron chi connectivity index (χ0n) is 9.26. The second-order valence-corrected chi connectivity index (χ2v) is 6.11. The monoisotopic (exact) mass is 251 g/mol. The van der Waals surface area contributed by atoms with Crippen LogP contribution in [-0.4, -0.2) is 68.7 Å². The van der Waals surface area contributed by atoms with Crippen molar-refractivity contribution in [3.05, 3.63) is 0 Å². The highest BCUT2D eigenvalue weighted by Crippen LogP contribution is 2.11. The highest BCUT2D eigenvalue weighted by atomic mass is 32.2. The van der Waals surface area contributed by atoms with Crippen molar-refractivity contribution < 1.29 is 23.1 Å². The van der Waals surface area contributed by atoms with Crippen LogP contribution in [0, 0.1) is 0 Å². The van der Waals surface area contributed by atoms with Gasteiger partial charge in [0.25, 0.3) is 0 Å². The number of rotatable bonds is 4. The lowest BCUT2D eigenvalue weighted by molar-refractivity contribution is -0.142. The Morgan fingerprint density at radius 1 is 1.44 bits per heavy atom. The third-order valence-electron chi connectivity index (χ3n) is 2.74. The molecule has 1 atom stereocenters. The molecule has 94 valence electrons. The molecule has 0 amide bonds. The summed E-state index contributed by atoms with van der Waals surface area (Å²) in [7, 11) is -1.64. The molecule has 1 aliphatic rings. The maximum absolute atomic E-state index is 11.2. The summed E-state index contributed by atoms with van der Waals surface area (Å²) >= 11 is 0. The Morgan fingerprint density at radius 2 is 2.00 bits per heavy atom. The van der Waals surface area contributed by atoms with Gasteiger partial charge in [0, 0.05) is 19.1 Å². The minimum absolute atomic E-state index is 0.0880. The SMILES string of the molecule is COC(=O)CC(CO)N1CCS(=O)(=O)CC1. The standard InChI is InChI=1S/C9H17NO5S/c1-15-9(12)6-8(7-11)10-2-4-16(13,14)5-3-10/h8,11H,2-7H2,1H3. The van der Waals surface area contributed by atoms with Crippen LogP contribution in [0.2, 0.25) is 0 Å². The Bertz CT molecular complexity index is 326. The summed E-state index contributed by atoms with van der Waals surface area (Å²) in [6.07, 6.45) is 0.0903. The van der Waals surface area contributed by atoms with Crippen LogP contribution < -0.4 is 0 Å². The van der Waals surface area contributed by atoms with Crippen molar-refractivity contribution >= 4 is 15.8 Å². The first kappa shape index (κ1) is 13.4. The smallest absolute Gasteiger partial charge is 0.307 e. The third kappa shape index (κ3) is 3.73. The number of sulfone groups is 1. The van der Waals surface area contributed by atoms with E-state index >= 15 is 0 Å². The van der Waals surface area contributed by atoms with Gasteiger partial charge in [0.2, 0.25) is 0 Å². The molecule has 1 heterocycles. The summed E-state index contributed by atoms with van der Waals surface area (Å²) in [5, 5.41) is 9.15. The quantitative estimate of drug-likeness (QED) is 0.621. The van der Waals surface area contributed by atoms with Crippen molar-refractivity contribution in [3.8, 4) is 0 Å². The van der Waals surface area contributed by atoms with Crippen LogP contribution in [0.1, 0.15) is 6.42 Å². The number of aliphatic hydroxyl groups is 1. The molecule has 0 saturated carbocycles. The molecule has 0 aliphatic carbocycles. The maximum Gasteiger partial charge on any atom is 0.307 e. The summed E-state index contributed by atoms with van der Waals surface area (Å²) < 4.78 is 26.9. The molecule has 0 aromatic carbocycles. The summed E-state index contributed by atoms with van der Waals surface area (Å²) in [5.74, 6) is -0.220. The Labute approximate surface area is 95.1 Å². The molecule has 1 unspecified atom stereocenters. The van der Waals surface area contributed by atoms with Gasteiger partial charge in [-0.15, -0.1) is 0 Å². The molecule has 16 heavy (non-hydrogen) atoms. The number of carbonyl (C=O) groups is 1. The van der Waals surface area contributed by atoms with E-state index in [1.165, 1.54) is 7.11 Å². The molecular formula is C9H17NO5S. The highest BCUT2D eigenvalue weighted by molar-refractivity contribution is 7.91. The molecule has 0 radical (unpaired) electrons. The van der Waals surface area contributed by atoms with E-state index in [2.05, 4.69) is 4.74 Å². The molecule has 0 aromatic rings. The summed E-state index contributed by atoms with van der Waals surface area (Å²) in [6, 6.07) is -0.344. The average molecular weight is 251 g/mol. The van der Waals surface area contributed by atoms with Crippen molar-refractivity contribution in [2.75, 3.05) is 38.3 Å². The van der Waals surface area contributed by atoms with Crippen LogP contribution in [0.15, 0.2) is 0 Å². The fourth-order valence-electron chi connectivity index (χ4n) is 1.68. The molecule has 1 fully saturated rings. The van der Waals surface area contributed by atoms with Gasteiger partial charge in [-0.25, -0.2) is 8.42 Å². The van der Waals surface area contributed by atoms with Gasteiger partial charge in [0.15, 0.2) is 9.84 Å². The molecule has 0 aromatic heterocycles. The van der Waals surface area contributed by atoms with Gasteiger partial charge in [-0.2, -0.15) is 0 Å². The van der Waals surface area contributed by atoms with Crippen molar-refractivity contribution in [2.45, 2.75) is 12.5 Å².